The highest BCUT2D eigenvalue weighted by atomic mass is 16.5. The van der Waals surface area contributed by atoms with E-state index in [0.29, 0.717) is 6.61 Å². The smallest absolute Gasteiger partial charge is 0.198 e. The third-order valence-electron chi connectivity index (χ3n) is 4.03. The normalized spacial score (nSPS) is 12.5. The molecule has 0 amide bonds. The van der Waals surface area contributed by atoms with Crippen LogP contribution in [0, 0.1) is 6.92 Å². The number of hydrogen-bond donors (Lipinski definition) is 2. The molecule has 0 saturated heterocycles. The number of fused-ring (bicyclic) bond motifs is 1. The molecule has 120 valence electrons. The number of quaternary nitrogens is 1. The Labute approximate surface area is 132 Å². The molecule has 0 fully saturated rings. The molecule has 2 aromatic rings. The van der Waals surface area contributed by atoms with Gasteiger partial charge in [0.05, 0.1) is 25.8 Å². The summed E-state index contributed by atoms with van der Waals surface area (Å²) >= 11 is 0. The molecule has 1 atom stereocenters. The molecule has 1 unspecified atom stereocenters. The van der Waals surface area contributed by atoms with Crippen LogP contribution >= 0.6 is 0 Å². The van der Waals surface area contributed by atoms with Gasteiger partial charge in [-0.3, -0.25) is 4.79 Å². The highest BCUT2D eigenvalue weighted by Gasteiger charge is 2.14. The third-order valence-corrected chi connectivity index (χ3v) is 4.03. The lowest BCUT2D eigenvalue weighted by Crippen LogP contribution is -3.07. The maximum absolute atomic E-state index is 12.8. The van der Waals surface area contributed by atoms with Crippen LogP contribution in [-0.2, 0) is 6.54 Å². The first-order chi connectivity index (χ1) is 10.6. The van der Waals surface area contributed by atoms with Crippen molar-refractivity contribution in [2.75, 3.05) is 20.2 Å². The van der Waals surface area contributed by atoms with Crippen LogP contribution in [0.2, 0.25) is 0 Å². The number of unbranched alkanes of at least 4 members (excludes halogenated alkanes) is 1. The predicted octanol–water partition coefficient (Wildman–Crippen LogP) is 2.05. The summed E-state index contributed by atoms with van der Waals surface area (Å²) in [6.07, 6.45) is 2.37. The molecule has 1 heterocycles. The van der Waals surface area contributed by atoms with Crippen molar-refractivity contribution in [3.05, 3.63) is 39.7 Å². The minimum atomic E-state index is 0.128. The Morgan fingerprint density at radius 2 is 2.05 bits per heavy atom. The molecule has 2 rings (SSSR count). The van der Waals surface area contributed by atoms with E-state index in [0.717, 1.165) is 41.0 Å². The average molecular weight is 303 g/mol. The van der Waals surface area contributed by atoms with E-state index in [-0.39, 0.29) is 5.43 Å². The van der Waals surface area contributed by atoms with E-state index in [4.69, 9.17) is 4.74 Å². The second-order valence-corrected chi connectivity index (χ2v) is 5.94. The summed E-state index contributed by atoms with van der Waals surface area (Å²) in [6, 6.07) is 5.67. The molecular formula is C18H27N2O2+. The Morgan fingerprint density at radius 1 is 1.27 bits per heavy atom. The van der Waals surface area contributed by atoms with Crippen molar-refractivity contribution in [2.24, 2.45) is 0 Å². The lowest BCUT2D eigenvalue weighted by atomic mass is 10.1. The van der Waals surface area contributed by atoms with Gasteiger partial charge in [0.1, 0.15) is 12.3 Å². The van der Waals surface area contributed by atoms with Crippen LogP contribution in [0.1, 0.15) is 37.9 Å². The molecule has 0 aliphatic heterocycles. The minimum Gasteiger partial charge on any atom is -0.494 e. The molecule has 1 aromatic carbocycles. The lowest BCUT2D eigenvalue weighted by molar-refractivity contribution is -0.894. The Balaban J connectivity index is 2.39. The Hall–Kier alpha value is -1.81. The van der Waals surface area contributed by atoms with E-state index in [9.17, 15) is 4.79 Å². The summed E-state index contributed by atoms with van der Waals surface area (Å²) in [7, 11) is 2.15. The Kier molecular flexibility index (Phi) is 5.61. The number of rotatable bonds is 7. The average Bonchev–Trinajstić information content (AvgIpc) is 2.50. The van der Waals surface area contributed by atoms with Crippen molar-refractivity contribution in [1.82, 2.24) is 4.98 Å². The van der Waals surface area contributed by atoms with Gasteiger partial charge >= 0.3 is 0 Å². The molecule has 1 aromatic heterocycles. The monoisotopic (exact) mass is 303 g/mol. The number of benzene rings is 1. The Morgan fingerprint density at radius 3 is 2.73 bits per heavy atom. The highest BCUT2D eigenvalue weighted by molar-refractivity contribution is 5.81. The molecule has 0 radical (unpaired) electrons. The van der Waals surface area contributed by atoms with Crippen LogP contribution in [-0.4, -0.2) is 25.2 Å². The zero-order chi connectivity index (χ0) is 16.1. The maximum Gasteiger partial charge on any atom is 0.198 e. The molecule has 0 saturated carbocycles. The van der Waals surface area contributed by atoms with Gasteiger partial charge in [0.15, 0.2) is 5.43 Å². The van der Waals surface area contributed by atoms with Gasteiger partial charge in [-0.2, -0.15) is 0 Å². The van der Waals surface area contributed by atoms with Crippen LogP contribution in [0.3, 0.4) is 0 Å². The summed E-state index contributed by atoms with van der Waals surface area (Å²) in [6.45, 7) is 8.58. The summed E-state index contributed by atoms with van der Waals surface area (Å²) in [4.78, 5) is 17.6. The number of nitrogens with one attached hydrogen (secondary N) is 2. The van der Waals surface area contributed by atoms with Gasteiger partial charge in [-0.15, -0.1) is 0 Å². The topological polar surface area (TPSA) is 46.5 Å². The lowest BCUT2D eigenvalue weighted by Gasteiger charge is -2.15. The summed E-state index contributed by atoms with van der Waals surface area (Å²) in [5.74, 6) is 0.752. The summed E-state index contributed by atoms with van der Waals surface area (Å²) < 4.78 is 5.52. The van der Waals surface area contributed by atoms with Gasteiger partial charge < -0.3 is 14.6 Å². The zero-order valence-electron chi connectivity index (χ0n) is 14.1. The molecular weight excluding hydrogens is 276 g/mol. The van der Waals surface area contributed by atoms with Crippen LogP contribution in [0.25, 0.3) is 10.9 Å². The zero-order valence-corrected chi connectivity index (χ0v) is 14.1. The number of hydrogen-bond acceptors (Lipinski definition) is 2. The van der Waals surface area contributed by atoms with Crippen molar-refractivity contribution in [3.63, 3.8) is 0 Å². The number of H-pyrrole nitrogens is 1. The SMILES string of the molecule is CCCC[NH+](C)Cc1c(C)[nH]c2ccc(OCC)cc2c1=O. The number of aromatic amines is 1. The van der Waals surface area contributed by atoms with Crippen molar-refractivity contribution < 1.29 is 9.64 Å². The Bertz CT molecular complexity index is 691. The quantitative estimate of drug-likeness (QED) is 0.822. The molecule has 0 bridgehead atoms. The van der Waals surface area contributed by atoms with Gasteiger partial charge in [-0.05, 0) is 38.5 Å². The summed E-state index contributed by atoms with van der Waals surface area (Å²) in [5.41, 5.74) is 2.86. The van der Waals surface area contributed by atoms with E-state index in [2.05, 4.69) is 19.0 Å². The van der Waals surface area contributed by atoms with Crippen molar-refractivity contribution in [1.29, 1.82) is 0 Å². The fourth-order valence-electron chi connectivity index (χ4n) is 2.77. The van der Waals surface area contributed by atoms with Crippen molar-refractivity contribution >= 4 is 10.9 Å². The minimum absolute atomic E-state index is 0.128. The maximum atomic E-state index is 12.8. The molecule has 4 nitrogen and oxygen atoms in total. The van der Waals surface area contributed by atoms with Crippen molar-refractivity contribution in [2.45, 2.75) is 40.2 Å². The van der Waals surface area contributed by atoms with E-state index in [1.165, 1.54) is 17.7 Å². The molecule has 0 aliphatic rings. The van der Waals surface area contributed by atoms with Crippen LogP contribution < -0.4 is 15.1 Å². The first-order valence-corrected chi connectivity index (χ1v) is 8.16. The number of aryl methyl sites for hydroxylation is 1. The van der Waals surface area contributed by atoms with E-state index in [1.807, 2.05) is 32.0 Å². The van der Waals surface area contributed by atoms with Crippen LogP contribution in [0.4, 0.5) is 0 Å². The third kappa shape index (κ3) is 3.69. The molecule has 0 aliphatic carbocycles. The molecule has 2 N–H and O–H groups in total. The van der Waals surface area contributed by atoms with Gasteiger partial charge in [-0.25, -0.2) is 0 Å². The van der Waals surface area contributed by atoms with E-state index in [1.54, 1.807) is 0 Å². The number of ether oxygens (including phenoxy) is 1. The highest BCUT2D eigenvalue weighted by Crippen LogP contribution is 2.18. The fourth-order valence-corrected chi connectivity index (χ4v) is 2.77. The van der Waals surface area contributed by atoms with E-state index >= 15 is 0 Å². The largest absolute Gasteiger partial charge is 0.494 e. The van der Waals surface area contributed by atoms with Gasteiger partial charge in [0.2, 0.25) is 0 Å². The molecule has 4 heteroatoms. The second kappa shape index (κ2) is 7.45. The van der Waals surface area contributed by atoms with Crippen molar-refractivity contribution in [3.8, 4) is 5.75 Å². The molecule has 22 heavy (non-hydrogen) atoms. The van der Waals surface area contributed by atoms with Gasteiger partial charge in [0.25, 0.3) is 0 Å². The predicted molar refractivity (Wildman–Crippen MR) is 90.8 cm³/mol. The second-order valence-electron chi connectivity index (χ2n) is 5.94. The first-order valence-electron chi connectivity index (χ1n) is 8.16. The van der Waals surface area contributed by atoms with Crippen LogP contribution in [0.5, 0.6) is 5.75 Å². The van der Waals surface area contributed by atoms with Gasteiger partial charge in [0, 0.05) is 16.6 Å². The number of aromatic nitrogens is 1. The first kappa shape index (κ1) is 16.6. The van der Waals surface area contributed by atoms with Gasteiger partial charge in [-0.1, -0.05) is 13.3 Å². The summed E-state index contributed by atoms with van der Waals surface area (Å²) in [5, 5.41) is 0.717. The molecule has 0 spiro atoms. The van der Waals surface area contributed by atoms with Crippen LogP contribution in [0.15, 0.2) is 23.0 Å². The fraction of sp³-hybridized carbons (Fsp3) is 0.500. The number of pyridine rings is 1. The standard InChI is InChI=1S/C18H26N2O2/c1-5-7-10-20(4)12-16-13(3)19-17-9-8-14(22-6-2)11-15(17)18(16)21/h8-9,11H,5-7,10,12H2,1-4H3,(H,19,21)/p+1. The van der Waals surface area contributed by atoms with E-state index < -0.39 is 0 Å².